The number of H-pyrrole nitrogens is 1. The number of amides is 1. The van der Waals surface area contributed by atoms with E-state index < -0.39 is 0 Å². The lowest BCUT2D eigenvalue weighted by molar-refractivity contribution is -0.120. The van der Waals surface area contributed by atoms with Crippen molar-refractivity contribution >= 4 is 24.0 Å². The van der Waals surface area contributed by atoms with E-state index in [-0.39, 0.29) is 24.2 Å². The molecule has 0 spiro atoms. The molecule has 16 heavy (non-hydrogen) atoms. The van der Waals surface area contributed by atoms with Crippen LogP contribution in [-0.2, 0) is 4.79 Å². The molecule has 0 aliphatic heterocycles. The zero-order chi connectivity index (χ0) is 10.7. The molecular formula is C10H17ClN4O. The molecule has 0 radical (unpaired) electrons. The van der Waals surface area contributed by atoms with Gasteiger partial charge in [-0.3, -0.25) is 9.89 Å². The highest BCUT2D eigenvalue weighted by atomic mass is 35.5. The molecule has 1 aromatic rings. The summed E-state index contributed by atoms with van der Waals surface area (Å²) in [6.07, 6.45) is 6.39. The minimum Gasteiger partial charge on any atom is -0.330 e. The highest BCUT2D eigenvalue weighted by Gasteiger charge is 2.31. The monoisotopic (exact) mass is 244 g/mol. The van der Waals surface area contributed by atoms with Gasteiger partial charge in [-0.1, -0.05) is 6.42 Å². The van der Waals surface area contributed by atoms with Gasteiger partial charge < -0.3 is 11.1 Å². The Labute approximate surface area is 101 Å². The molecule has 1 aliphatic carbocycles. The summed E-state index contributed by atoms with van der Waals surface area (Å²) in [6, 6.07) is 0. The number of halogens is 1. The zero-order valence-corrected chi connectivity index (χ0v) is 9.80. The summed E-state index contributed by atoms with van der Waals surface area (Å²) < 4.78 is 0. The van der Waals surface area contributed by atoms with Gasteiger partial charge in [0, 0.05) is 12.1 Å². The van der Waals surface area contributed by atoms with Crippen LogP contribution in [0.25, 0.3) is 0 Å². The molecule has 1 fully saturated rings. The number of aromatic nitrogens is 2. The fourth-order valence-corrected chi connectivity index (χ4v) is 2.22. The Morgan fingerprint density at radius 2 is 2.44 bits per heavy atom. The van der Waals surface area contributed by atoms with Gasteiger partial charge >= 0.3 is 0 Å². The number of carbonyl (C=O) groups is 1. The Bertz CT molecular complexity index is 328. The van der Waals surface area contributed by atoms with Crippen LogP contribution in [0, 0.1) is 11.8 Å². The van der Waals surface area contributed by atoms with Crippen LogP contribution < -0.4 is 11.1 Å². The molecule has 1 aromatic heterocycles. The second kappa shape index (κ2) is 5.86. The minimum atomic E-state index is 0. The van der Waals surface area contributed by atoms with E-state index in [9.17, 15) is 4.79 Å². The first kappa shape index (κ1) is 13.0. The van der Waals surface area contributed by atoms with E-state index in [0.717, 1.165) is 24.9 Å². The van der Waals surface area contributed by atoms with Crippen LogP contribution >= 0.6 is 12.4 Å². The van der Waals surface area contributed by atoms with Crippen LogP contribution in [0.2, 0.25) is 0 Å². The van der Waals surface area contributed by atoms with Gasteiger partial charge in [0.1, 0.15) is 0 Å². The predicted octanol–water partition coefficient (Wildman–Crippen LogP) is 1.15. The predicted molar refractivity (Wildman–Crippen MR) is 64.4 cm³/mol. The Morgan fingerprint density at radius 3 is 3.06 bits per heavy atom. The van der Waals surface area contributed by atoms with Gasteiger partial charge in [0.05, 0.1) is 11.9 Å². The van der Waals surface area contributed by atoms with Gasteiger partial charge in [-0.2, -0.15) is 5.10 Å². The van der Waals surface area contributed by atoms with Crippen LogP contribution in [0.4, 0.5) is 5.69 Å². The summed E-state index contributed by atoms with van der Waals surface area (Å²) in [5, 5.41) is 9.28. The van der Waals surface area contributed by atoms with Crippen LogP contribution in [-0.4, -0.2) is 22.6 Å². The Hall–Kier alpha value is -1.07. The third kappa shape index (κ3) is 2.74. The molecule has 4 N–H and O–H groups in total. The van der Waals surface area contributed by atoms with Gasteiger partial charge in [-0.15, -0.1) is 12.4 Å². The maximum Gasteiger partial charge on any atom is 0.227 e. The molecule has 1 aliphatic rings. The third-order valence-corrected chi connectivity index (χ3v) is 3.06. The molecule has 0 bridgehead atoms. The second-order valence-electron chi connectivity index (χ2n) is 4.01. The van der Waals surface area contributed by atoms with Gasteiger partial charge in [-0.25, -0.2) is 0 Å². The van der Waals surface area contributed by atoms with Gasteiger partial charge in [0.2, 0.25) is 5.91 Å². The van der Waals surface area contributed by atoms with E-state index in [4.69, 9.17) is 5.73 Å². The van der Waals surface area contributed by atoms with Crippen molar-refractivity contribution in [1.29, 1.82) is 0 Å². The second-order valence-corrected chi connectivity index (χ2v) is 4.01. The molecule has 90 valence electrons. The maximum absolute atomic E-state index is 11.9. The first-order chi connectivity index (χ1) is 7.31. The number of anilines is 1. The largest absolute Gasteiger partial charge is 0.330 e. The molecule has 2 atom stereocenters. The van der Waals surface area contributed by atoms with Gasteiger partial charge in [0.25, 0.3) is 0 Å². The van der Waals surface area contributed by atoms with Crippen LogP contribution in [0.5, 0.6) is 0 Å². The lowest BCUT2D eigenvalue weighted by Crippen LogP contribution is -2.29. The first-order valence-corrected chi connectivity index (χ1v) is 5.31. The number of nitrogens with one attached hydrogen (secondary N) is 2. The molecule has 1 heterocycles. The lowest BCUT2D eigenvalue weighted by atomic mass is 9.95. The van der Waals surface area contributed by atoms with E-state index in [1.165, 1.54) is 0 Å². The molecule has 2 rings (SSSR count). The molecule has 0 saturated heterocycles. The molecular weight excluding hydrogens is 228 g/mol. The summed E-state index contributed by atoms with van der Waals surface area (Å²) in [7, 11) is 0. The van der Waals surface area contributed by atoms with E-state index in [1.807, 2.05) is 0 Å². The summed E-state index contributed by atoms with van der Waals surface area (Å²) in [4.78, 5) is 11.9. The first-order valence-electron chi connectivity index (χ1n) is 5.31. The highest BCUT2D eigenvalue weighted by molar-refractivity contribution is 5.92. The van der Waals surface area contributed by atoms with E-state index >= 15 is 0 Å². The average molecular weight is 245 g/mol. The molecule has 0 aromatic carbocycles. The summed E-state index contributed by atoms with van der Waals surface area (Å²) in [5.41, 5.74) is 6.36. The van der Waals surface area contributed by atoms with Crippen LogP contribution in [0.1, 0.15) is 19.3 Å². The van der Waals surface area contributed by atoms with Crippen molar-refractivity contribution in [3.05, 3.63) is 12.4 Å². The SMILES string of the molecule is Cl.NC[C@H]1CCC[C@H]1C(=O)Nc1cn[nH]c1. The topological polar surface area (TPSA) is 83.8 Å². The number of hydrogen-bond donors (Lipinski definition) is 3. The highest BCUT2D eigenvalue weighted by Crippen LogP contribution is 2.31. The van der Waals surface area contributed by atoms with Crippen molar-refractivity contribution < 1.29 is 4.79 Å². The van der Waals surface area contributed by atoms with Crippen molar-refractivity contribution in [2.75, 3.05) is 11.9 Å². The summed E-state index contributed by atoms with van der Waals surface area (Å²) >= 11 is 0. The van der Waals surface area contributed by atoms with Gasteiger partial charge in [-0.05, 0) is 25.3 Å². The van der Waals surface area contributed by atoms with Gasteiger partial charge in [0.15, 0.2) is 0 Å². The Kier molecular flexibility index (Phi) is 4.76. The third-order valence-electron chi connectivity index (χ3n) is 3.06. The van der Waals surface area contributed by atoms with Crippen molar-refractivity contribution in [2.24, 2.45) is 17.6 Å². The van der Waals surface area contributed by atoms with Crippen molar-refractivity contribution in [3.8, 4) is 0 Å². The number of rotatable bonds is 3. The number of hydrogen-bond acceptors (Lipinski definition) is 3. The zero-order valence-electron chi connectivity index (χ0n) is 8.98. The number of carbonyl (C=O) groups excluding carboxylic acids is 1. The number of aromatic amines is 1. The summed E-state index contributed by atoms with van der Waals surface area (Å²) in [6.45, 7) is 0.601. The normalized spacial score (nSPS) is 23.8. The van der Waals surface area contributed by atoms with Crippen molar-refractivity contribution in [1.82, 2.24) is 10.2 Å². The smallest absolute Gasteiger partial charge is 0.227 e. The minimum absolute atomic E-state index is 0. The molecule has 6 heteroatoms. The van der Waals surface area contributed by atoms with Crippen LogP contribution in [0.3, 0.4) is 0 Å². The van der Waals surface area contributed by atoms with Crippen molar-refractivity contribution in [2.45, 2.75) is 19.3 Å². The average Bonchev–Trinajstić information content (AvgIpc) is 2.86. The van der Waals surface area contributed by atoms with E-state index in [0.29, 0.717) is 12.5 Å². The summed E-state index contributed by atoms with van der Waals surface area (Å²) in [5.74, 6) is 0.492. The Morgan fingerprint density at radius 1 is 1.62 bits per heavy atom. The Balaban J connectivity index is 0.00000128. The quantitative estimate of drug-likeness (QED) is 0.746. The number of nitrogens with zero attached hydrogens (tertiary/aromatic N) is 1. The molecule has 1 amide bonds. The molecule has 0 unspecified atom stereocenters. The van der Waals surface area contributed by atoms with E-state index in [2.05, 4.69) is 15.5 Å². The molecule has 5 nitrogen and oxygen atoms in total. The lowest BCUT2D eigenvalue weighted by Gasteiger charge is -2.16. The molecule has 1 saturated carbocycles. The fourth-order valence-electron chi connectivity index (χ4n) is 2.22. The number of nitrogens with two attached hydrogens (primary N) is 1. The van der Waals surface area contributed by atoms with Crippen LogP contribution in [0.15, 0.2) is 12.4 Å². The fraction of sp³-hybridized carbons (Fsp3) is 0.600. The van der Waals surface area contributed by atoms with E-state index in [1.54, 1.807) is 12.4 Å². The van der Waals surface area contributed by atoms with Crippen molar-refractivity contribution in [3.63, 3.8) is 0 Å². The standard InChI is InChI=1S/C10H16N4O.ClH/c11-4-7-2-1-3-9(7)10(15)14-8-5-12-13-6-8;/h5-7,9H,1-4,11H2,(H,12,13)(H,14,15);1H/t7-,9-;/m1./s1. The maximum atomic E-state index is 11.9.